The summed E-state index contributed by atoms with van der Waals surface area (Å²) in [5.41, 5.74) is 0.0761. The molecule has 0 spiro atoms. The van der Waals surface area contributed by atoms with Crippen molar-refractivity contribution in [3.8, 4) is 0 Å². The van der Waals surface area contributed by atoms with E-state index < -0.39 is 105 Å². The first kappa shape index (κ1) is 44.2. The Morgan fingerprint density at radius 2 is 1.49 bits per heavy atom. The van der Waals surface area contributed by atoms with E-state index in [1.54, 1.807) is 20.1 Å². The number of aliphatic hydroxyl groups is 8. The Balaban J connectivity index is 0.857. The number of carbonyl (C=O) groups excluding carboxylic acids is 1. The number of ether oxygens (including phenoxy) is 8. The maximum Gasteiger partial charge on any atom is 0.331 e. The van der Waals surface area contributed by atoms with E-state index in [1.807, 2.05) is 0 Å². The number of hydrogen-bond donors (Lipinski definition) is 8. The van der Waals surface area contributed by atoms with E-state index in [9.17, 15) is 45.6 Å². The highest BCUT2D eigenvalue weighted by Crippen LogP contribution is 2.70. The highest BCUT2D eigenvalue weighted by atomic mass is 16.8. The minimum absolute atomic E-state index is 0.0268. The smallest absolute Gasteiger partial charge is 0.331 e. The number of hydrogen-bond acceptors (Lipinski definition) is 17. The summed E-state index contributed by atoms with van der Waals surface area (Å²) in [5.74, 6) is 0.957. The predicted molar refractivity (Wildman–Crippen MR) is 202 cm³/mol. The van der Waals surface area contributed by atoms with Crippen molar-refractivity contribution >= 4 is 5.97 Å². The second-order valence-corrected chi connectivity index (χ2v) is 19.3. The van der Waals surface area contributed by atoms with Crippen LogP contribution in [-0.4, -0.2) is 171 Å². The normalized spacial score (nSPS) is 53.9. The van der Waals surface area contributed by atoms with Crippen molar-refractivity contribution < 1.29 is 83.5 Å². The zero-order valence-electron chi connectivity index (χ0n) is 34.5. The molecule has 7 fully saturated rings. The van der Waals surface area contributed by atoms with Crippen LogP contribution in [0.2, 0.25) is 0 Å². The average molecular weight is 843 g/mol. The summed E-state index contributed by atoms with van der Waals surface area (Å²) < 4.78 is 47.2. The summed E-state index contributed by atoms with van der Waals surface area (Å²) in [7, 11) is 1.54. The van der Waals surface area contributed by atoms with Crippen LogP contribution in [0.4, 0.5) is 0 Å². The first-order valence-corrected chi connectivity index (χ1v) is 21.7. The lowest BCUT2D eigenvalue weighted by Crippen LogP contribution is -2.63. The Hall–Kier alpha value is -1.39. The number of carbonyl (C=O) groups is 1. The second kappa shape index (κ2) is 17.0. The molecule has 17 heteroatoms. The van der Waals surface area contributed by atoms with E-state index in [4.69, 9.17) is 37.9 Å². The Morgan fingerprint density at radius 1 is 0.780 bits per heavy atom. The predicted octanol–water partition coefficient (Wildman–Crippen LogP) is -0.212. The third kappa shape index (κ3) is 7.64. The molecule has 336 valence electrons. The van der Waals surface area contributed by atoms with Crippen LogP contribution >= 0.6 is 0 Å². The quantitative estimate of drug-likeness (QED) is 0.105. The third-order valence-corrected chi connectivity index (χ3v) is 16.4. The fourth-order valence-electron chi connectivity index (χ4n) is 12.9. The molecule has 0 aromatic carbocycles. The van der Waals surface area contributed by atoms with Crippen LogP contribution in [-0.2, 0) is 42.7 Å². The van der Waals surface area contributed by atoms with Crippen molar-refractivity contribution in [2.24, 2.45) is 34.5 Å². The van der Waals surface area contributed by atoms with E-state index in [-0.39, 0.29) is 34.7 Å². The van der Waals surface area contributed by atoms with Crippen LogP contribution in [0.3, 0.4) is 0 Å². The summed E-state index contributed by atoms with van der Waals surface area (Å²) in [6, 6.07) is 0. The van der Waals surface area contributed by atoms with Crippen LogP contribution in [0, 0.1) is 34.5 Å². The number of methoxy groups -OCH3 is 1. The maximum absolute atomic E-state index is 12.6. The van der Waals surface area contributed by atoms with Crippen molar-refractivity contribution in [3.05, 3.63) is 11.6 Å². The van der Waals surface area contributed by atoms with Crippen LogP contribution in [0.15, 0.2) is 11.6 Å². The molecule has 0 radical (unpaired) electrons. The largest absolute Gasteiger partial charge is 0.458 e. The van der Waals surface area contributed by atoms with Gasteiger partial charge in [-0.1, -0.05) is 13.8 Å². The van der Waals surface area contributed by atoms with E-state index in [0.717, 1.165) is 63.4 Å². The standard InChI is InChI=1S/C42H66O17/c1-19-37(59-39-36(50)34(48)32(46)28(58-39)18-54-38-35(49)33(47)31(45)27(16-43)57-38)26(52-4)15-30(55-19)56-22-7-10-40(2)21(14-22)5-6-25-24(40)8-11-41(3)23(9-12-42(25,41)51)20-13-29(44)53-17-20/h13,19,21-28,30-39,43,45-51H,5-12,14-18H2,1-4H3. The van der Waals surface area contributed by atoms with Gasteiger partial charge in [0.2, 0.25) is 0 Å². The zero-order chi connectivity index (χ0) is 42.2. The Bertz CT molecular complexity index is 1530. The van der Waals surface area contributed by atoms with Crippen LogP contribution in [0.5, 0.6) is 0 Å². The minimum Gasteiger partial charge on any atom is -0.458 e. The molecule has 22 atom stereocenters. The van der Waals surface area contributed by atoms with Crippen LogP contribution in [0.1, 0.15) is 85.0 Å². The Morgan fingerprint density at radius 3 is 2.19 bits per heavy atom. The van der Waals surface area contributed by atoms with E-state index in [1.165, 1.54) is 0 Å². The average Bonchev–Trinajstić information content (AvgIpc) is 3.77. The summed E-state index contributed by atoms with van der Waals surface area (Å²) in [6.45, 7) is 5.69. The molecule has 17 nitrogen and oxygen atoms in total. The molecular weight excluding hydrogens is 776 g/mol. The number of esters is 1. The number of aliphatic hydroxyl groups excluding tert-OH is 7. The SMILES string of the molecule is COC1CC(OC2CCC3(C)C(CCC4C3CCC3(C)C(C5=CC(=O)OC5)CCC43O)C2)OC(C)C1OC1OC(COC2OC(CO)C(O)C(O)C2O)C(O)C(O)C1O. The van der Waals surface area contributed by atoms with Crippen molar-refractivity contribution in [3.63, 3.8) is 0 Å². The topological polar surface area (TPSA) is 253 Å². The molecule has 4 heterocycles. The molecule has 59 heavy (non-hydrogen) atoms. The fourth-order valence-corrected chi connectivity index (χ4v) is 12.9. The van der Waals surface area contributed by atoms with Gasteiger partial charge < -0.3 is 78.7 Å². The lowest BCUT2D eigenvalue weighted by Gasteiger charge is -2.64. The molecule has 0 aromatic heterocycles. The highest BCUT2D eigenvalue weighted by molar-refractivity contribution is 5.85. The molecule has 8 rings (SSSR count). The number of cyclic esters (lactones) is 1. The molecule has 0 amide bonds. The lowest BCUT2D eigenvalue weighted by atomic mass is 9.43. The van der Waals surface area contributed by atoms with Gasteiger partial charge in [-0.05, 0) is 99.4 Å². The molecule has 4 aliphatic carbocycles. The van der Waals surface area contributed by atoms with Gasteiger partial charge in [-0.15, -0.1) is 0 Å². The van der Waals surface area contributed by atoms with Gasteiger partial charge in [0.25, 0.3) is 0 Å². The molecular formula is C42H66O17. The Kier molecular flexibility index (Phi) is 12.7. The van der Waals surface area contributed by atoms with Crippen molar-refractivity contribution in [2.45, 2.75) is 183 Å². The summed E-state index contributed by atoms with van der Waals surface area (Å²) >= 11 is 0. The second-order valence-electron chi connectivity index (χ2n) is 19.3. The Labute approximate surface area is 344 Å². The van der Waals surface area contributed by atoms with Crippen molar-refractivity contribution in [2.75, 3.05) is 26.9 Å². The lowest BCUT2D eigenvalue weighted by molar-refractivity contribution is -0.355. The molecule has 0 bridgehead atoms. The molecule has 4 aliphatic heterocycles. The molecule has 8 N–H and O–H groups in total. The summed E-state index contributed by atoms with van der Waals surface area (Å²) in [4.78, 5) is 12.0. The molecule has 3 saturated heterocycles. The third-order valence-electron chi connectivity index (χ3n) is 16.4. The van der Waals surface area contributed by atoms with Gasteiger partial charge in [-0.25, -0.2) is 4.79 Å². The number of rotatable bonds is 10. The molecule has 4 saturated carbocycles. The van der Waals surface area contributed by atoms with E-state index in [0.29, 0.717) is 24.9 Å². The van der Waals surface area contributed by atoms with E-state index >= 15 is 0 Å². The maximum atomic E-state index is 12.6. The van der Waals surface area contributed by atoms with Crippen LogP contribution in [0.25, 0.3) is 0 Å². The minimum atomic E-state index is -1.70. The van der Waals surface area contributed by atoms with Gasteiger partial charge in [-0.3, -0.25) is 0 Å². The molecule has 22 unspecified atom stereocenters. The van der Waals surface area contributed by atoms with Crippen molar-refractivity contribution in [1.82, 2.24) is 0 Å². The van der Waals surface area contributed by atoms with Gasteiger partial charge in [0.15, 0.2) is 18.9 Å². The fraction of sp³-hybridized carbons (Fsp3) is 0.929. The zero-order valence-corrected chi connectivity index (χ0v) is 34.5. The first-order chi connectivity index (χ1) is 28.0. The van der Waals surface area contributed by atoms with Gasteiger partial charge in [0.1, 0.15) is 61.5 Å². The summed E-state index contributed by atoms with van der Waals surface area (Å²) in [5, 5.41) is 85.0. The first-order valence-electron chi connectivity index (χ1n) is 21.7. The van der Waals surface area contributed by atoms with Gasteiger partial charge in [-0.2, -0.15) is 0 Å². The van der Waals surface area contributed by atoms with Gasteiger partial charge >= 0.3 is 5.97 Å². The summed E-state index contributed by atoms with van der Waals surface area (Å²) in [6.07, 6.45) is -7.54. The van der Waals surface area contributed by atoms with Crippen molar-refractivity contribution in [1.29, 1.82) is 0 Å². The van der Waals surface area contributed by atoms with Crippen LogP contribution < -0.4 is 0 Å². The molecule has 8 aliphatic rings. The van der Waals surface area contributed by atoms with Gasteiger partial charge in [0, 0.05) is 25.0 Å². The highest BCUT2D eigenvalue weighted by Gasteiger charge is 2.68. The molecule has 0 aromatic rings. The van der Waals surface area contributed by atoms with Gasteiger partial charge in [0.05, 0.1) is 37.1 Å². The van der Waals surface area contributed by atoms with E-state index in [2.05, 4.69) is 13.8 Å². The monoisotopic (exact) mass is 842 g/mol. The number of fused-ring (bicyclic) bond motifs is 5.